The van der Waals surface area contributed by atoms with E-state index >= 15 is 0 Å². The highest BCUT2D eigenvalue weighted by atomic mass is 32.1. The predicted molar refractivity (Wildman–Crippen MR) is 107 cm³/mol. The van der Waals surface area contributed by atoms with Gasteiger partial charge in [0.1, 0.15) is 10.8 Å². The number of benzene rings is 1. The van der Waals surface area contributed by atoms with E-state index in [0.29, 0.717) is 29.7 Å². The third-order valence-electron chi connectivity index (χ3n) is 5.18. The predicted octanol–water partition coefficient (Wildman–Crippen LogP) is 4.07. The lowest BCUT2D eigenvalue weighted by Gasteiger charge is -2.32. The first-order valence-corrected chi connectivity index (χ1v) is 10.5. The molecular formula is C20H25FN4O2S. The van der Waals surface area contributed by atoms with Crippen LogP contribution in [-0.4, -0.2) is 40.0 Å². The molecule has 0 spiro atoms. The number of nitrogens with zero attached hydrogens (tertiary/aromatic N) is 3. The highest BCUT2D eigenvalue weighted by Crippen LogP contribution is 2.29. The number of hydrogen-bond donors (Lipinski definition) is 1. The lowest BCUT2D eigenvalue weighted by Crippen LogP contribution is -2.43. The minimum atomic E-state index is -0.378. The van der Waals surface area contributed by atoms with Gasteiger partial charge in [-0.05, 0) is 49.9 Å². The number of piperidine rings is 1. The Hall–Kier alpha value is -2.35. The number of aromatic nitrogens is 2. The summed E-state index contributed by atoms with van der Waals surface area (Å²) in [6, 6.07) is 5.49. The number of rotatable bonds is 6. The minimum Gasteiger partial charge on any atom is -0.338 e. The largest absolute Gasteiger partial charge is 0.338 e. The number of hydrogen-bond acceptors (Lipinski definition) is 5. The van der Waals surface area contributed by atoms with E-state index in [1.807, 2.05) is 0 Å². The zero-order valence-corrected chi connectivity index (χ0v) is 17.0. The van der Waals surface area contributed by atoms with Gasteiger partial charge in [-0.2, -0.15) is 0 Å². The molecule has 1 aliphatic heterocycles. The van der Waals surface area contributed by atoms with E-state index in [2.05, 4.69) is 29.4 Å². The fraction of sp³-hybridized carbons (Fsp3) is 0.500. The molecule has 8 heteroatoms. The lowest BCUT2D eigenvalue weighted by molar-refractivity contribution is -0.121. The second-order valence-electron chi connectivity index (χ2n) is 7.05. The van der Waals surface area contributed by atoms with Gasteiger partial charge >= 0.3 is 0 Å². The number of carbonyl (C=O) groups excluding carboxylic acids is 2. The molecular weight excluding hydrogens is 379 g/mol. The summed E-state index contributed by atoms with van der Waals surface area (Å²) in [6.07, 6.45) is 3.45. The summed E-state index contributed by atoms with van der Waals surface area (Å²) < 4.78 is 13.1. The van der Waals surface area contributed by atoms with E-state index in [0.717, 1.165) is 30.7 Å². The van der Waals surface area contributed by atoms with Crippen LogP contribution in [0, 0.1) is 11.7 Å². The molecule has 3 rings (SSSR count). The topological polar surface area (TPSA) is 75.2 Å². The number of amides is 2. The molecule has 1 saturated heterocycles. The summed E-state index contributed by atoms with van der Waals surface area (Å²) in [5.41, 5.74) is 0.432. The molecule has 1 aromatic carbocycles. The van der Waals surface area contributed by atoms with Crippen molar-refractivity contribution in [2.75, 3.05) is 18.4 Å². The Kier molecular flexibility index (Phi) is 6.72. The van der Waals surface area contributed by atoms with Crippen molar-refractivity contribution in [1.29, 1.82) is 0 Å². The van der Waals surface area contributed by atoms with Gasteiger partial charge in [0, 0.05) is 24.6 Å². The number of likely N-dealkylation sites (tertiary alicyclic amines) is 1. The Morgan fingerprint density at radius 3 is 2.64 bits per heavy atom. The summed E-state index contributed by atoms with van der Waals surface area (Å²) in [5.74, 6) is -0.620. The van der Waals surface area contributed by atoms with Crippen molar-refractivity contribution in [3.05, 3.63) is 40.7 Å². The summed E-state index contributed by atoms with van der Waals surface area (Å²) in [6.45, 7) is 5.17. The highest BCUT2D eigenvalue weighted by molar-refractivity contribution is 7.15. The summed E-state index contributed by atoms with van der Waals surface area (Å²) in [4.78, 5) is 27.0. The molecule has 0 radical (unpaired) electrons. The van der Waals surface area contributed by atoms with E-state index in [-0.39, 0.29) is 23.5 Å². The van der Waals surface area contributed by atoms with Crippen LogP contribution >= 0.6 is 11.3 Å². The van der Waals surface area contributed by atoms with Crippen LogP contribution in [0.1, 0.15) is 60.8 Å². The van der Waals surface area contributed by atoms with Gasteiger partial charge in [0.05, 0.1) is 5.92 Å². The number of halogens is 1. The summed E-state index contributed by atoms with van der Waals surface area (Å²) in [7, 11) is 0. The molecule has 2 amide bonds. The molecule has 1 aromatic heterocycles. The van der Waals surface area contributed by atoms with Crippen LogP contribution in [0.4, 0.5) is 9.52 Å². The lowest BCUT2D eigenvalue weighted by atomic mass is 9.96. The SMILES string of the molecule is CCC(CC)c1nnc(NC(=O)C2CCCN(C(=O)c3ccc(F)cc3)C2)s1. The normalized spacial score (nSPS) is 17.0. The average molecular weight is 405 g/mol. The van der Waals surface area contributed by atoms with Crippen LogP contribution in [0.3, 0.4) is 0 Å². The summed E-state index contributed by atoms with van der Waals surface area (Å²) in [5, 5.41) is 12.6. The minimum absolute atomic E-state index is 0.135. The smallest absolute Gasteiger partial charge is 0.253 e. The van der Waals surface area contributed by atoms with Crippen LogP contribution in [0.2, 0.25) is 0 Å². The van der Waals surface area contributed by atoms with E-state index < -0.39 is 0 Å². The zero-order valence-electron chi connectivity index (χ0n) is 16.2. The van der Waals surface area contributed by atoms with E-state index in [1.165, 1.54) is 35.6 Å². The van der Waals surface area contributed by atoms with Crippen LogP contribution in [0.25, 0.3) is 0 Å². The van der Waals surface area contributed by atoms with Crippen LogP contribution in [0.15, 0.2) is 24.3 Å². The molecule has 1 N–H and O–H groups in total. The Morgan fingerprint density at radius 1 is 1.25 bits per heavy atom. The maximum absolute atomic E-state index is 13.1. The van der Waals surface area contributed by atoms with Crippen molar-refractivity contribution in [3.63, 3.8) is 0 Å². The number of anilines is 1. The van der Waals surface area contributed by atoms with Crippen molar-refractivity contribution < 1.29 is 14.0 Å². The van der Waals surface area contributed by atoms with Crippen molar-refractivity contribution >= 4 is 28.3 Å². The maximum atomic E-state index is 13.1. The van der Waals surface area contributed by atoms with Gasteiger partial charge in [-0.1, -0.05) is 25.2 Å². The van der Waals surface area contributed by atoms with Crippen LogP contribution < -0.4 is 5.32 Å². The van der Waals surface area contributed by atoms with Gasteiger partial charge in [0.2, 0.25) is 11.0 Å². The number of carbonyl (C=O) groups is 2. The van der Waals surface area contributed by atoms with Crippen LogP contribution in [-0.2, 0) is 4.79 Å². The van der Waals surface area contributed by atoms with E-state index in [9.17, 15) is 14.0 Å². The Bertz CT molecular complexity index is 820. The first-order valence-electron chi connectivity index (χ1n) is 9.70. The Balaban J connectivity index is 1.61. The molecule has 1 aliphatic rings. The molecule has 2 aromatic rings. The van der Waals surface area contributed by atoms with Gasteiger partial charge in [-0.15, -0.1) is 10.2 Å². The molecule has 0 aliphatic carbocycles. The van der Waals surface area contributed by atoms with Gasteiger partial charge in [0.15, 0.2) is 0 Å². The third-order valence-corrected chi connectivity index (χ3v) is 6.18. The molecule has 0 bridgehead atoms. The highest BCUT2D eigenvalue weighted by Gasteiger charge is 2.29. The molecule has 6 nitrogen and oxygen atoms in total. The Morgan fingerprint density at radius 2 is 1.96 bits per heavy atom. The number of nitrogens with one attached hydrogen (secondary N) is 1. The van der Waals surface area contributed by atoms with Crippen molar-refractivity contribution in [2.45, 2.75) is 45.4 Å². The molecule has 1 atom stereocenters. The van der Waals surface area contributed by atoms with Crippen molar-refractivity contribution in [1.82, 2.24) is 15.1 Å². The average Bonchev–Trinajstić information content (AvgIpc) is 3.17. The van der Waals surface area contributed by atoms with E-state index in [4.69, 9.17) is 0 Å². The summed E-state index contributed by atoms with van der Waals surface area (Å²) >= 11 is 1.42. The maximum Gasteiger partial charge on any atom is 0.253 e. The molecule has 150 valence electrons. The van der Waals surface area contributed by atoms with Gasteiger partial charge in [0.25, 0.3) is 5.91 Å². The molecule has 1 unspecified atom stereocenters. The van der Waals surface area contributed by atoms with E-state index in [1.54, 1.807) is 4.90 Å². The molecule has 1 fully saturated rings. The van der Waals surface area contributed by atoms with Crippen molar-refractivity contribution in [3.8, 4) is 0 Å². The fourth-order valence-corrected chi connectivity index (χ4v) is 4.46. The monoisotopic (exact) mass is 404 g/mol. The standard InChI is InChI=1S/C20H25FN4O2S/c1-3-13(4-2)18-23-24-20(28-18)22-17(26)15-6-5-11-25(12-15)19(27)14-7-9-16(21)10-8-14/h7-10,13,15H,3-6,11-12H2,1-2H3,(H,22,24,26). The van der Waals surface area contributed by atoms with Gasteiger partial charge in [-0.25, -0.2) is 4.39 Å². The molecule has 28 heavy (non-hydrogen) atoms. The second-order valence-corrected chi connectivity index (χ2v) is 8.05. The third kappa shape index (κ3) is 4.73. The van der Waals surface area contributed by atoms with Crippen molar-refractivity contribution in [2.24, 2.45) is 5.92 Å². The fourth-order valence-electron chi connectivity index (χ4n) is 3.45. The molecule has 2 heterocycles. The first-order chi connectivity index (χ1) is 13.5. The second kappa shape index (κ2) is 9.23. The Labute approximate surface area is 168 Å². The quantitative estimate of drug-likeness (QED) is 0.787. The van der Waals surface area contributed by atoms with Gasteiger partial charge < -0.3 is 10.2 Å². The first kappa shape index (κ1) is 20.4. The zero-order chi connectivity index (χ0) is 20.1. The molecule has 0 saturated carbocycles. The van der Waals surface area contributed by atoms with Crippen LogP contribution in [0.5, 0.6) is 0 Å². The van der Waals surface area contributed by atoms with Gasteiger partial charge in [-0.3, -0.25) is 9.59 Å².